The van der Waals surface area contributed by atoms with Crippen LogP contribution in [-0.2, 0) is 6.54 Å². The quantitative estimate of drug-likeness (QED) is 0.682. The SMILES string of the molecule is C1=CC[C@H]2CN(Cc3ccccc3)C[C@H]2C1. The predicted molar refractivity (Wildman–Crippen MR) is 67.1 cm³/mol. The molecule has 0 unspecified atom stereocenters. The normalized spacial score (nSPS) is 29.2. The lowest BCUT2D eigenvalue weighted by Crippen LogP contribution is -2.20. The van der Waals surface area contributed by atoms with Gasteiger partial charge in [0, 0.05) is 19.6 Å². The van der Waals surface area contributed by atoms with Crippen LogP contribution in [0, 0.1) is 11.8 Å². The number of hydrogen-bond acceptors (Lipinski definition) is 1. The molecule has 0 saturated carbocycles. The van der Waals surface area contributed by atoms with Gasteiger partial charge in [-0.15, -0.1) is 0 Å². The third kappa shape index (κ3) is 2.05. The zero-order valence-corrected chi connectivity index (χ0v) is 9.68. The molecule has 0 spiro atoms. The van der Waals surface area contributed by atoms with Crippen LogP contribution in [0.3, 0.4) is 0 Å². The number of likely N-dealkylation sites (tertiary alicyclic amines) is 1. The number of hydrogen-bond donors (Lipinski definition) is 0. The summed E-state index contributed by atoms with van der Waals surface area (Å²) in [6.07, 6.45) is 7.34. The summed E-state index contributed by atoms with van der Waals surface area (Å²) in [5.74, 6) is 1.85. The van der Waals surface area contributed by atoms with Gasteiger partial charge >= 0.3 is 0 Å². The van der Waals surface area contributed by atoms with Crippen LogP contribution in [0.2, 0.25) is 0 Å². The molecule has 1 nitrogen and oxygen atoms in total. The van der Waals surface area contributed by atoms with Crippen molar-refractivity contribution in [2.45, 2.75) is 19.4 Å². The summed E-state index contributed by atoms with van der Waals surface area (Å²) in [4.78, 5) is 2.62. The van der Waals surface area contributed by atoms with Crippen LogP contribution in [0.15, 0.2) is 42.5 Å². The molecule has 1 fully saturated rings. The lowest BCUT2D eigenvalue weighted by molar-refractivity contribution is 0.314. The van der Waals surface area contributed by atoms with Gasteiger partial charge in [0.15, 0.2) is 0 Å². The highest BCUT2D eigenvalue weighted by Crippen LogP contribution is 2.33. The first-order valence-electron chi connectivity index (χ1n) is 6.33. The second-order valence-corrected chi connectivity index (χ2v) is 5.14. The van der Waals surface area contributed by atoms with Gasteiger partial charge in [0.1, 0.15) is 0 Å². The minimum Gasteiger partial charge on any atom is -0.298 e. The first-order chi connectivity index (χ1) is 7.92. The summed E-state index contributed by atoms with van der Waals surface area (Å²) in [6.45, 7) is 3.72. The fourth-order valence-electron chi connectivity index (χ4n) is 3.08. The molecule has 16 heavy (non-hydrogen) atoms. The summed E-state index contributed by atoms with van der Waals surface area (Å²) in [5.41, 5.74) is 1.45. The third-order valence-electron chi connectivity index (χ3n) is 3.95. The maximum Gasteiger partial charge on any atom is 0.0233 e. The van der Waals surface area contributed by atoms with E-state index in [0.717, 1.165) is 18.4 Å². The molecule has 1 aromatic carbocycles. The number of fused-ring (bicyclic) bond motifs is 1. The zero-order chi connectivity index (χ0) is 10.8. The predicted octanol–water partition coefficient (Wildman–Crippen LogP) is 3.08. The van der Waals surface area contributed by atoms with Crippen molar-refractivity contribution in [2.75, 3.05) is 13.1 Å². The van der Waals surface area contributed by atoms with Crippen molar-refractivity contribution in [3.63, 3.8) is 0 Å². The van der Waals surface area contributed by atoms with Gasteiger partial charge in [-0.3, -0.25) is 4.90 Å². The van der Waals surface area contributed by atoms with Gasteiger partial charge < -0.3 is 0 Å². The van der Waals surface area contributed by atoms with E-state index >= 15 is 0 Å². The average Bonchev–Trinajstić information content (AvgIpc) is 2.72. The first-order valence-corrected chi connectivity index (χ1v) is 6.33. The second-order valence-electron chi connectivity index (χ2n) is 5.14. The van der Waals surface area contributed by atoms with E-state index in [9.17, 15) is 0 Å². The summed E-state index contributed by atoms with van der Waals surface area (Å²) in [6, 6.07) is 10.8. The number of rotatable bonds is 2. The first kappa shape index (κ1) is 10.1. The van der Waals surface area contributed by atoms with Crippen LogP contribution >= 0.6 is 0 Å². The molecule has 1 aliphatic carbocycles. The standard InChI is InChI=1S/C15H19N/c1-2-6-13(7-3-1)10-16-11-14-8-4-5-9-15(14)12-16/h1-7,14-15H,8-12H2/t14-,15+. The van der Waals surface area contributed by atoms with E-state index in [1.54, 1.807) is 0 Å². The van der Waals surface area contributed by atoms with Crippen molar-refractivity contribution in [3.05, 3.63) is 48.0 Å². The molecule has 1 heteroatoms. The molecule has 1 aromatic rings. The molecule has 0 aromatic heterocycles. The molecule has 1 heterocycles. The van der Waals surface area contributed by atoms with E-state index in [-0.39, 0.29) is 0 Å². The van der Waals surface area contributed by atoms with Gasteiger partial charge in [-0.1, -0.05) is 42.5 Å². The molecule has 2 aliphatic rings. The van der Waals surface area contributed by atoms with E-state index in [0.29, 0.717) is 0 Å². The van der Waals surface area contributed by atoms with Gasteiger partial charge in [-0.2, -0.15) is 0 Å². The summed E-state index contributed by atoms with van der Waals surface area (Å²) in [7, 11) is 0. The fraction of sp³-hybridized carbons (Fsp3) is 0.467. The second kappa shape index (κ2) is 4.42. The highest BCUT2D eigenvalue weighted by Gasteiger charge is 2.32. The molecule has 84 valence electrons. The molecule has 0 amide bonds. The van der Waals surface area contributed by atoms with Crippen molar-refractivity contribution in [1.29, 1.82) is 0 Å². The van der Waals surface area contributed by atoms with E-state index in [1.165, 1.54) is 31.5 Å². The fourth-order valence-corrected chi connectivity index (χ4v) is 3.08. The van der Waals surface area contributed by atoms with E-state index in [4.69, 9.17) is 0 Å². The molecule has 2 atom stereocenters. The summed E-state index contributed by atoms with van der Waals surface area (Å²) in [5, 5.41) is 0. The highest BCUT2D eigenvalue weighted by atomic mass is 15.2. The zero-order valence-electron chi connectivity index (χ0n) is 9.68. The third-order valence-corrected chi connectivity index (χ3v) is 3.95. The summed E-state index contributed by atoms with van der Waals surface area (Å²) < 4.78 is 0. The van der Waals surface area contributed by atoms with Crippen LogP contribution in [-0.4, -0.2) is 18.0 Å². The Morgan fingerprint density at radius 3 is 2.19 bits per heavy atom. The molecule has 0 radical (unpaired) electrons. The number of benzene rings is 1. The Bertz CT molecular complexity index is 352. The Hall–Kier alpha value is -1.08. The topological polar surface area (TPSA) is 3.24 Å². The minimum absolute atomic E-state index is 0.925. The molecule has 3 rings (SSSR count). The van der Waals surface area contributed by atoms with Crippen LogP contribution in [0.1, 0.15) is 18.4 Å². The van der Waals surface area contributed by atoms with Gasteiger partial charge in [0.25, 0.3) is 0 Å². The van der Waals surface area contributed by atoms with Crippen LogP contribution in [0.4, 0.5) is 0 Å². The van der Waals surface area contributed by atoms with Crippen LogP contribution in [0.25, 0.3) is 0 Å². The Morgan fingerprint density at radius 1 is 0.938 bits per heavy atom. The van der Waals surface area contributed by atoms with Crippen molar-refractivity contribution in [2.24, 2.45) is 11.8 Å². The van der Waals surface area contributed by atoms with Crippen molar-refractivity contribution < 1.29 is 0 Å². The molecule has 0 bridgehead atoms. The van der Waals surface area contributed by atoms with Crippen LogP contribution < -0.4 is 0 Å². The van der Waals surface area contributed by atoms with Crippen molar-refractivity contribution >= 4 is 0 Å². The van der Waals surface area contributed by atoms with Crippen molar-refractivity contribution in [1.82, 2.24) is 4.90 Å². The van der Waals surface area contributed by atoms with Crippen molar-refractivity contribution in [3.8, 4) is 0 Å². The monoisotopic (exact) mass is 213 g/mol. The molecule has 1 aliphatic heterocycles. The van der Waals surface area contributed by atoms with Gasteiger partial charge in [-0.05, 0) is 30.2 Å². The maximum absolute atomic E-state index is 2.62. The molecular weight excluding hydrogens is 194 g/mol. The van der Waals surface area contributed by atoms with E-state index < -0.39 is 0 Å². The Labute approximate surface area is 97.8 Å². The maximum atomic E-state index is 2.62. The lowest BCUT2D eigenvalue weighted by atomic mass is 9.86. The van der Waals surface area contributed by atoms with E-state index in [1.807, 2.05) is 0 Å². The smallest absolute Gasteiger partial charge is 0.0233 e. The molecule has 1 saturated heterocycles. The number of allylic oxidation sites excluding steroid dienone is 2. The highest BCUT2D eigenvalue weighted by molar-refractivity contribution is 5.15. The lowest BCUT2D eigenvalue weighted by Gasteiger charge is -2.18. The van der Waals surface area contributed by atoms with Gasteiger partial charge in [0.2, 0.25) is 0 Å². The van der Waals surface area contributed by atoms with Gasteiger partial charge in [-0.25, -0.2) is 0 Å². The van der Waals surface area contributed by atoms with Crippen LogP contribution in [0.5, 0.6) is 0 Å². The van der Waals surface area contributed by atoms with E-state index in [2.05, 4.69) is 47.4 Å². The molecule has 0 N–H and O–H groups in total. The summed E-state index contributed by atoms with van der Waals surface area (Å²) >= 11 is 0. The Balaban J connectivity index is 1.62. The molecular formula is C15H19N. The van der Waals surface area contributed by atoms with Gasteiger partial charge in [0.05, 0.1) is 0 Å². The Morgan fingerprint density at radius 2 is 1.56 bits per heavy atom. The largest absolute Gasteiger partial charge is 0.298 e. The Kier molecular flexibility index (Phi) is 2.79. The minimum atomic E-state index is 0.925. The number of nitrogens with zero attached hydrogens (tertiary/aromatic N) is 1. The average molecular weight is 213 g/mol.